The molecule has 0 spiro atoms. The van der Waals surface area contributed by atoms with Gasteiger partial charge in [0.2, 0.25) is 0 Å². The van der Waals surface area contributed by atoms with E-state index in [0.717, 1.165) is 74.8 Å². The minimum Gasteiger partial charge on any atom is -0.379 e. The average molecular weight is 420 g/mol. The Balaban J connectivity index is 1.35. The summed E-state index contributed by atoms with van der Waals surface area (Å²) in [4.78, 5) is 46.9. The highest BCUT2D eigenvalue weighted by atomic mass is 16.5. The number of nitrogens with one attached hydrogen (secondary N) is 1. The summed E-state index contributed by atoms with van der Waals surface area (Å²) in [5.74, 6) is -0.183. The van der Waals surface area contributed by atoms with Crippen molar-refractivity contribution in [3.05, 3.63) is 16.2 Å². The Morgan fingerprint density at radius 3 is 2.77 bits per heavy atom. The molecule has 1 aliphatic carbocycles. The van der Waals surface area contributed by atoms with Gasteiger partial charge in [-0.25, -0.2) is 9.79 Å². The van der Waals surface area contributed by atoms with E-state index in [1.165, 1.54) is 18.3 Å². The smallest absolute Gasteiger partial charge is 0.322 e. The van der Waals surface area contributed by atoms with Crippen molar-refractivity contribution in [1.82, 2.24) is 20.1 Å². The quantitative estimate of drug-likeness (QED) is 0.524. The van der Waals surface area contributed by atoms with Crippen molar-refractivity contribution < 1.29 is 19.2 Å². The summed E-state index contributed by atoms with van der Waals surface area (Å²) in [7, 11) is 1.50. The van der Waals surface area contributed by atoms with Crippen molar-refractivity contribution in [2.75, 3.05) is 53.0 Å². The predicted molar refractivity (Wildman–Crippen MR) is 110 cm³/mol. The third kappa shape index (κ3) is 4.24. The van der Waals surface area contributed by atoms with Crippen LogP contribution in [0.3, 0.4) is 0 Å². The van der Waals surface area contributed by atoms with Crippen LogP contribution in [0, 0.1) is 10.8 Å². The summed E-state index contributed by atoms with van der Waals surface area (Å²) in [5, 5.41) is 4.03. The topological polar surface area (TPSA) is 97.6 Å². The fraction of sp³-hybridized carbons (Fsp3) is 0.750. The van der Waals surface area contributed by atoms with Crippen molar-refractivity contribution in [3.63, 3.8) is 0 Å². The molecule has 3 aliphatic heterocycles. The number of hydrogen-bond donors (Lipinski definition) is 1. The van der Waals surface area contributed by atoms with Gasteiger partial charge in [0.05, 0.1) is 43.6 Å². The third-order valence-electron chi connectivity index (χ3n) is 6.48. The summed E-state index contributed by atoms with van der Waals surface area (Å²) in [6, 6.07) is -0.718. The standard InChI is InChI=1S/C20H30N6O4/c1-23-19(27)16-13-25(20(28)21-7-4-8-24-9-11-30-12-10-24)14-22-17(16)18(26(23)29)15-5-2-3-6-15/h14-15,18H,2-13H2,1H3/p+1. The molecule has 3 amide bonds. The minimum absolute atomic E-state index is 0.147. The zero-order valence-corrected chi connectivity index (χ0v) is 17.6. The number of ether oxygens (including phenoxy) is 1. The van der Waals surface area contributed by atoms with Crippen LogP contribution in [0.15, 0.2) is 16.3 Å². The Hall–Kier alpha value is -2.33. The largest absolute Gasteiger partial charge is 0.379 e. The number of carbonyl (C=O) groups is 2. The van der Waals surface area contributed by atoms with Crippen molar-refractivity contribution in [3.8, 4) is 0 Å². The summed E-state index contributed by atoms with van der Waals surface area (Å²) in [6.45, 7) is 5.00. The molecule has 4 rings (SSSR count). The molecule has 10 heteroatoms. The molecule has 1 saturated carbocycles. The number of morpholine rings is 1. The number of rotatable bonds is 5. The molecule has 1 atom stereocenters. The highest BCUT2D eigenvalue weighted by Gasteiger charge is 2.51. The van der Waals surface area contributed by atoms with Gasteiger partial charge in [-0.15, -0.1) is 0 Å². The van der Waals surface area contributed by atoms with Crippen LogP contribution in [-0.4, -0.2) is 97.0 Å². The molecule has 1 unspecified atom stereocenters. The number of urea groups is 1. The Kier molecular flexibility index (Phi) is 6.43. The average Bonchev–Trinajstić information content (AvgIpc) is 3.30. The lowest BCUT2D eigenvalue weighted by atomic mass is 9.91. The number of aliphatic imine (C=N–C) groups is 1. The molecule has 2 fully saturated rings. The fourth-order valence-corrected chi connectivity index (χ4v) is 4.74. The van der Waals surface area contributed by atoms with E-state index in [9.17, 15) is 14.5 Å². The number of likely N-dealkylation sites (N-methyl/N-ethyl adjacent to an activating group) is 1. The molecule has 10 nitrogen and oxygen atoms in total. The van der Waals surface area contributed by atoms with Gasteiger partial charge in [-0.2, -0.15) is 0 Å². The van der Waals surface area contributed by atoms with Crippen molar-refractivity contribution >= 4 is 18.3 Å². The molecular formula is C20H31N6O4+. The molecule has 0 bridgehead atoms. The SMILES string of the molecule is CN1C(=O)C2=C(N=CN(C(=O)NCCCN3CCOCC3)C2)C(C2CCCC2)[N+]1=O. The van der Waals surface area contributed by atoms with E-state index < -0.39 is 6.04 Å². The van der Waals surface area contributed by atoms with Crippen LogP contribution in [0.5, 0.6) is 0 Å². The van der Waals surface area contributed by atoms with Crippen molar-refractivity contribution in [1.29, 1.82) is 0 Å². The molecule has 1 N–H and O–H groups in total. The lowest BCUT2D eigenvalue weighted by Gasteiger charge is -2.31. The van der Waals surface area contributed by atoms with Gasteiger partial charge in [-0.1, -0.05) is 17.9 Å². The highest BCUT2D eigenvalue weighted by Crippen LogP contribution is 2.37. The molecule has 30 heavy (non-hydrogen) atoms. The number of nitrogens with zero attached hydrogens (tertiary/aromatic N) is 5. The number of hydrogen-bond acceptors (Lipinski definition) is 6. The van der Waals surface area contributed by atoms with Gasteiger partial charge in [-0.3, -0.25) is 14.6 Å². The summed E-state index contributed by atoms with van der Waals surface area (Å²) >= 11 is 0. The maximum absolute atomic E-state index is 12.7. The minimum atomic E-state index is -0.444. The number of nitroso groups, excluding NO2 is 1. The van der Waals surface area contributed by atoms with Gasteiger partial charge in [0.15, 0.2) is 0 Å². The number of hydrazine groups is 1. The number of carbonyl (C=O) groups excluding carboxylic acids is 2. The Labute approximate surface area is 176 Å². The molecule has 164 valence electrons. The molecule has 0 aromatic carbocycles. The van der Waals surface area contributed by atoms with Gasteiger partial charge in [0.1, 0.15) is 10.6 Å². The second kappa shape index (κ2) is 9.22. The summed E-state index contributed by atoms with van der Waals surface area (Å²) in [5.41, 5.74) is 0.990. The highest BCUT2D eigenvalue weighted by molar-refractivity contribution is 5.98. The van der Waals surface area contributed by atoms with E-state index in [1.807, 2.05) is 0 Å². The first-order valence-corrected chi connectivity index (χ1v) is 10.9. The van der Waals surface area contributed by atoms with E-state index in [2.05, 4.69) is 15.2 Å². The molecule has 3 heterocycles. The van der Waals surface area contributed by atoms with Gasteiger partial charge in [0.25, 0.3) is 6.04 Å². The molecule has 0 aromatic rings. The first-order valence-electron chi connectivity index (χ1n) is 10.9. The molecule has 0 aromatic heterocycles. The van der Waals surface area contributed by atoms with E-state index in [-0.39, 0.29) is 24.4 Å². The van der Waals surface area contributed by atoms with Crippen molar-refractivity contribution in [2.24, 2.45) is 10.9 Å². The lowest BCUT2D eigenvalue weighted by Crippen LogP contribution is -2.54. The predicted octanol–water partition coefficient (Wildman–Crippen LogP) is 0.741. The first kappa shape index (κ1) is 20.9. The fourth-order valence-electron chi connectivity index (χ4n) is 4.74. The summed E-state index contributed by atoms with van der Waals surface area (Å²) in [6.07, 6.45) is 6.43. The van der Waals surface area contributed by atoms with Crippen LogP contribution in [0.1, 0.15) is 32.1 Å². The summed E-state index contributed by atoms with van der Waals surface area (Å²) < 4.78 is 5.34. The van der Waals surface area contributed by atoms with Gasteiger partial charge < -0.3 is 10.1 Å². The molecule has 4 aliphatic rings. The van der Waals surface area contributed by atoms with Crippen LogP contribution < -0.4 is 5.32 Å². The van der Waals surface area contributed by atoms with Crippen LogP contribution in [-0.2, 0) is 9.53 Å². The van der Waals surface area contributed by atoms with E-state index in [1.54, 1.807) is 0 Å². The first-order chi connectivity index (χ1) is 14.6. The normalized spacial score (nSPS) is 25.8. The van der Waals surface area contributed by atoms with Crippen LogP contribution in [0.4, 0.5) is 4.79 Å². The van der Waals surface area contributed by atoms with E-state index >= 15 is 0 Å². The zero-order chi connectivity index (χ0) is 21.1. The van der Waals surface area contributed by atoms with Gasteiger partial charge in [-0.05, 0) is 25.8 Å². The van der Waals surface area contributed by atoms with Gasteiger partial charge in [0, 0.05) is 25.6 Å². The van der Waals surface area contributed by atoms with E-state index in [4.69, 9.17) is 4.74 Å². The zero-order valence-electron chi connectivity index (χ0n) is 17.6. The van der Waals surface area contributed by atoms with E-state index in [0.29, 0.717) is 17.8 Å². The second-order valence-electron chi connectivity index (χ2n) is 8.40. The third-order valence-corrected chi connectivity index (χ3v) is 6.48. The Morgan fingerprint density at radius 1 is 1.30 bits per heavy atom. The Morgan fingerprint density at radius 2 is 2.03 bits per heavy atom. The molecule has 0 radical (unpaired) electrons. The maximum Gasteiger partial charge on any atom is 0.322 e. The van der Waals surface area contributed by atoms with Crippen molar-refractivity contribution in [2.45, 2.75) is 38.1 Å². The monoisotopic (exact) mass is 419 g/mol. The maximum atomic E-state index is 12.7. The van der Waals surface area contributed by atoms with Crippen LogP contribution in [0.25, 0.3) is 0 Å². The molecular weight excluding hydrogens is 388 g/mol. The van der Waals surface area contributed by atoms with Crippen LogP contribution in [0.2, 0.25) is 0 Å². The van der Waals surface area contributed by atoms with Gasteiger partial charge >= 0.3 is 11.9 Å². The number of amides is 3. The molecule has 1 saturated heterocycles. The second-order valence-corrected chi connectivity index (χ2v) is 8.40. The van der Waals surface area contributed by atoms with Crippen LogP contribution >= 0.6 is 0 Å². The lowest BCUT2D eigenvalue weighted by molar-refractivity contribution is -0.712. The Bertz CT molecular complexity index is 754.